The first-order chi connectivity index (χ1) is 16.1. The summed E-state index contributed by atoms with van der Waals surface area (Å²) in [6.07, 6.45) is 11.6. The van der Waals surface area contributed by atoms with Crippen LogP contribution in [0.15, 0.2) is 66.0 Å². The van der Waals surface area contributed by atoms with Crippen molar-refractivity contribution in [3.8, 4) is 18.0 Å². The fourth-order valence-electron chi connectivity index (χ4n) is 3.90. The van der Waals surface area contributed by atoms with Gasteiger partial charge in [-0.25, -0.2) is 14.8 Å². The van der Waals surface area contributed by atoms with E-state index in [1.807, 2.05) is 54.9 Å². The molecule has 0 aliphatic rings. The van der Waals surface area contributed by atoms with E-state index in [2.05, 4.69) is 40.0 Å². The first-order valence-corrected chi connectivity index (χ1v) is 11.2. The van der Waals surface area contributed by atoms with Crippen molar-refractivity contribution in [2.24, 2.45) is 0 Å². The van der Waals surface area contributed by atoms with Gasteiger partial charge in [0.05, 0.1) is 11.2 Å². The molecule has 0 saturated heterocycles. The van der Waals surface area contributed by atoms with Gasteiger partial charge in [-0.15, -0.1) is 6.42 Å². The van der Waals surface area contributed by atoms with E-state index in [0.29, 0.717) is 12.4 Å². The van der Waals surface area contributed by atoms with E-state index < -0.39 is 0 Å². The van der Waals surface area contributed by atoms with Gasteiger partial charge < -0.3 is 10.2 Å². The molecule has 2 aromatic carbocycles. The summed E-state index contributed by atoms with van der Waals surface area (Å²) in [6, 6.07) is 13.4. The Bertz CT molecular complexity index is 1340. The molecular weight excluding hydrogens is 412 g/mol. The first-order valence-electron chi connectivity index (χ1n) is 11.2. The minimum Gasteiger partial charge on any atom is -0.340 e. The van der Waals surface area contributed by atoms with E-state index >= 15 is 0 Å². The SMILES string of the molecule is C#Cc1cccc(Nc2ncnc3cc(-n4ccn(CCCN(CC)CC)c4=O)ccc23)c1. The Balaban J connectivity index is 1.56. The molecule has 0 fully saturated rings. The topological polar surface area (TPSA) is 68.0 Å². The lowest BCUT2D eigenvalue weighted by molar-refractivity contribution is 0.292. The van der Waals surface area contributed by atoms with Crippen LogP contribution >= 0.6 is 0 Å². The molecule has 1 N–H and O–H groups in total. The smallest absolute Gasteiger partial charge is 0.332 e. The van der Waals surface area contributed by atoms with E-state index in [4.69, 9.17) is 6.42 Å². The normalized spacial score (nSPS) is 11.1. The van der Waals surface area contributed by atoms with Gasteiger partial charge in [-0.1, -0.05) is 25.8 Å². The Labute approximate surface area is 193 Å². The second-order valence-electron chi connectivity index (χ2n) is 7.80. The molecule has 0 unspecified atom stereocenters. The molecule has 7 heteroatoms. The summed E-state index contributed by atoms with van der Waals surface area (Å²) < 4.78 is 3.42. The number of terminal acetylenes is 1. The molecule has 0 atom stereocenters. The van der Waals surface area contributed by atoms with E-state index in [9.17, 15) is 4.79 Å². The van der Waals surface area contributed by atoms with E-state index in [-0.39, 0.29) is 5.69 Å². The second kappa shape index (κ2) is 10.2. The van der Waals surface area contributed by atoms with Crippen molar-refractivity contribution in [3.05, 3.63) is 77.2 Å². The molecule has 0 amide bonds. The largest absolute Gasteiger partial charge is 0.340 e. The van der Waals surface area contributed by atoms with Crippen LogP contribution in [-0.2, 0) is 6.54 Å². The Hall–Kier alpha value is -3.89. The van der Waals surface area contributed by atoms with Crippen LogP contribution in [0.4, 0.5) is 11.5 Å². The highest BCUT2D eigenvalue weighted by molar-refractivity contribution is 5.91. The highest BCUT2D eigenvalue weighted by Crippen LogP contribution is 2.25. The number of nitrogens with one attached hydrogen (secondary N) is 1. The van der Waals surface area contributed by atoms with Crippen molar-refractivity contribution in [2.45, 2.75) is 26.8 Å². The van der Waals surface area contributed by atoms with Crippen molar-refractivity contribution < 1.29 is 0 Å². The molecule has 0 aliphatic heterocycles. The summed E-state index contributed by atoms with van der Waals surface area (Å²) in [5, 5.41) is 4.18. The third-order valence-corrected chi connectivity index (χ3v) is 5.81. The van der Waals surface area contributed by atoms with Crippen molar-refractivity contribution in [3.63, 3.8) is 0 Å². The van der Waals surface area contributed by atoms with Crippen LogP contribution in [0.1, 0.15) is 25.8 Å². The molecule has 0 saturated carbocycles. The fourth-order valence-corrected chi connectivity index (χ4v) is 3.90. The minimum absolute atomic E-state index is 0.0487. The maximum atomic E-state index is 12.9. The summed E-state index contributed by atoms with van der Waals surface area (Å²) >= 11 is 0. The summed E-state index contributed by atoms with van der Waals surface area (Å²) in [7, 11) is 0. The summed E-state index contributed by atoms with van der Waals surface area (Å²) in [5.41, 5.74) is 3.12. The van der Waals surface area contributed by atoms with Gasteiger partial charge in [0.25, 0.3) is 0 Å². The Kier molecular flexibility index (Phi) is 6.86. The first kappa shape index (κ1) is 22.3. The summed E-state index contributed by atoms with van der Waals surface area (Å²) in [4.78, 5) is 24.1. The molecule has 168 valence electrons. The van der Waals surface area contributed by atoms with Crippen molar-refractivity contribution in [1.82, 2.24) is 24.0 Å². The van der Waals surface area contributed by atoms with Crippen molar-refractivity contribution in [2.75, 3.05) is 25.0 Å². The summed E-state index contributed by atoms with van der Waals surface area (Å²) in [5.74, 6) is 3.32. The number of nitrogens with zero attached hydrogens (tertiary/aromatic N) is 5. The number of rotatable bonds is 9. The zero-order valence-electron chi connectivity index (χ0n) is 19.0. The van der Waals surface area contributed by atoms with Crippen LogP contribution < -0.4 is 11.0 Å². The average molecular weight is 441 g/mol. The molecule has 33 heavy (non-hydrogen) atoms. The van der Waals surface area contributed by atoms with Crippen molar-refractivity contribution in [1.29, 1.82) is 0 Å². The predicted octanol–water partition coefficient (Wildman–Crippen LogP) is 4.04. The lowest BCUT2D eigenvalue weighted by Gasteiger charge is -2.17. The van der Waals surface area contributed by atoms with Gasteiger partial charge >= 0.3 is 5.69 Å². The predicted molar refractivity (Wildman–Crippen MR) is 133 cm³/mol. The monoisotopic (exact) mass is 440 g/mol. The van der Waals surface area contributed by atoms with Gasteiger partial charge in [0.2, 0.25) is 0 Å². The molecule has 0 radical (unpaired) electrons. The Morgan fingerprint density at radius 2 is 1.94 bits per heavy atom. The van der Waals surface area contributed by atoms with Crippen LogP contribution in [0.3, 0.4) is 0 Å². The zero-order chi connectivity index (χ0) is 23.2. The van der Waals surface area contributed by atoms with Crippen LogP contribution in [-0.4, -0.2) is 43.6 Å². The third kappa shape index (κ3) is 4.97. The van der Waals surface area contributed by atoms with Crippen LogP contribution in [0, 0.1) is 12.3 Å². The minimum atomic E-state index is -0.0487. The van der Waals surface area contributed by atoms with Crippen LogP contribution in [0.5, 0.6) is 0 Å². The molecule has 4 aromatic rings. The number of aryl methyl sites for hydroxylation is 1. The molecule has 0 aliphatic carbocycles. The molecule has 2 aromatic heterocycles. The quantitative estimate of drug-likeness (QED) is 0.398. The van der Waals surface area contributed by atoms with Crippen LogP contribution in [0.25, 0.3) is 16.6 Å². The number of hydrogen-bond acceptors (Lipinski definition) is 5. The molecule has 4 rings (SSSR count). The van der Waals surface area contributed by atoms with Gasteiger partial charge in [-0.3, -0.25) is 9.13 Å². The van der Waals surface area contributed by atoms with Gasteiger partial charge in [-0.05, 0) is 62.5 Å². The number of imidazole rings is 1. The zero-order valence-corrected chi connectivity index (χ0v) is 19.0. The molecule has 2 heterocycles. The summed E-state index contributed by atoms with van der Waals surface area (Å²) in [6.45, 7) is 8.05. The number of hydrogen-bond donors (Lipinski definition) is 1. The third-order valence-electron chi connectivity index (χ3n) is 5.81. The fraction of sp³-hybridized carbons (Fsp3) is 0.269. The van der Waals surface area contributed by atoms with E-state index in [0.717, 1.165) is 53.9 Å². The number of aromatic nitrogens is 4. The average Bonchev–Trinajstić information content (AvgIpc) is 3.22. The number of benzene rings is 2. The van der Waals surface area contributed by atoms with E-state index in [1.54, 1.807) is 9.13 Å². The molecule has 0 spiro atoms. The highest BCUT2D eigenvalue weighted by atomic mass is 16.1. The lowest BCUT2D eigenvalue weighted by Crippen LogP contribution is -2.27. The lowest BCUT2D eigenvalue weighted by atomic mass is 10.2. The number of anilines is 2. The molecular formula is C26H28N6O. The van der Waals surface area contributed by atoms with Gasteiger partial charge in [0, 0.05) is 35.6 Å². The van der Waals surface area contributed by atoms with Crippen LogP contribution in [0.2, 0.25) is 0 Å². The second-order valence-corrected chi connectivity index (χ2v) is 7.80. The van der Waals surface area contributed by atoms with Crippen molar-refractivity contribution >= 4 is 22.4 Å². The number of fused-ring (bicyclic) bond motifs is 1. The standard InChI is InChI=1S/C26H28N6O/c1-4-20-9-7-10-21(17-20)29-25-23-12-11-22(18-24(23)27-19-28-25)32-16-15-31(26(32)33)14-8-13-30(5-2)6-3/h1,7,9-12,15-19H,5-6,8,13-14H2,2-3H3,(H,27,28,29). The van der Waals surface area contributed by atoms with Gasteiger partial charge in [0.1, 0.15) is 12.1 Å². The molecule has 0 bridgehead atoms. The molecule has 7 nitrogen and oxygen atoms in total. The maximum absolute atomic E-state index is 12.9. The van der Waals surface area contributed by atoms with Gasteiger partial charge in [0.15, 0.2) is 0 Å². The Morgan fingerprint density at radius 3 is 2.73 bits per heavy atom. The van der Waals surface area contributed by atoms with Gasteiger partial charge in [-0.2, -0.15) is 0 Å². The Morgan fingerprint density at radius 1 is 1.09 bits per heavy atom. The maximum Gasteiger partial charge on any atom is 0.332 e. The van der Waals surface area contributed by atoms with E-state index in [1.165, 1.54) is 6.33 Å². The highest BCUT2D eigenvalue weighted by Gasteiger charge is 2.10.